The molecule has 1 N–H and O–H groups in total. The molecule has 0 bridgehead atoms. The third-order valence-electron chi connectivity index (χ3n) is 2.73. The zero-order valence-corrected chi connectivity index (χ0v) is 11.8. The lowest BCUT2D eigenvalue weighted by Gasteiger charge is -2.11. The van der Waals surface area contributed by atoms with Gasteiger partial charge in [-0.15, -0.1) is 11.8 Å². The molecule has 0 aliphatic heterocycles. The highest BCUT2D eigenvalue weighted by Crippen LogP contribution is 2.23. The molecule has 0 saturated heterocycles. The van der Waals surface area contributed by atoms with Gasteiger partial charge >= 0.3 is 0 Å². The van der Waals surface area contributed by atoms with Gasteiger partial charge in [-0.2, -0.15) is 0 Å². The van der Waals surface area contributed by atoms with E-state index in [1.54, 1.807) is 0 Å². The van der Waals surface area contributed by atoms with Gasteiger partial charge < -0.3 is 5.32 Å². The number of rotatable bonds is 8. The summed E-state index contributed by atoms with van der Waals surface area (Å²) in [7, 11) is 0. The lowest BCUT2D eigenvalue weighted by Crippen LogP contribution is -2.25. The Labute approximate surface area is 112 Å². The van der Waals surface area contributed by atoms with Crippen LogP contribution in [-0.2, 0) is 0 Å². The highest BCUT2D eigenvalue weighted by atomic mass is 32.2. The van der Waals surface area contributed by atoms with E-state index in [9.17, 15) is 8.78 Å². The minimum absolute atomic E-state index is 0.331. The minimum Gasteiger partial charge on any atom is -0.315 e. The third kappa shape index (κ3) is 5.83. The first-order valence-electron chi connectivity index (χ1n) is 6.44. The van der Waals surface area contributed by atoms with E-state index >= 15 is 0 Å². The molecule has 1 nitrogen and oxygen atoms in total. The average molecular weight is 273 g/mol. The molecule has 1 rings (SSSR count). The summed E-state index contributed by atoms with van der Waals surface area (Å²) in [4.78, 5) is 0.412. The van der Waals surface area contributed by atoms with Crippen LogP contribution >= 0.6 is 11.8 Å². The molecule has 0 amide bonds. The first-order valence-corrected chi connectivity index (χ1v) is 7.43. The van der Waals surface area contributed by atoms with Crippen LogP contribution in [0.5, 0.6) is 0 Å². The fourth-order valence-corrected chi connectivity index (χ4v) is 2.74. The van der Waals surface area contributed by atoms with Gasteiger partial charge in [0.15, 0.2) is 0 Å². The van der Waals surface area contributed by atoms with E-state index in [4.69, 9.17) is 0 Å². The monoisotopic (exact) mass is 273 g/mol. The Morgan fingerprint density at radius 2 is 2.06 bits per heavy atom. The molecule has 0 saturated carbocycles. The van der Waals surface area contributed by atoms with E-state index in [1.165, 1.54) is 23.9 Å². The fraction of sp³-hybridized carbons (Fsp3) is 0.571. The number of benzene rings is 1. The average Bonchev–Trinajstić information content (AvgIpc) is 2.33. The largest absolute Gasteiger partial charge is 0.315 e. The molecule has 0 aliphatic rings. The van der Waals surface area contributed by atoms with Crippen molar-refractivity contribution in [3.63, 3.8) is 0 Å². The second-order valence-electron chi connectivity index (χ2n) is 4.38. The van der Waals surface area contributed by atoms with Crippen molar-refractivity contribution in [3.05, 3.63) is 29.8 Å². The molecule has 0 radical (unpaired) electrons. The lowest BCUT2D eigenvalue weighted by molar-refractivity contribution is 0.510. The number of unbranched alkanes of at least 4 members (excludes halogenated alkanes) is 1. The molecule has 0 aromatic heterocycles. The first kappa shape index (κ1) is 15.4. The molecule has 0 heterocycles. The summed E-state index contributed by atoms with van der Waals surface area (Å²) in [5.74, 6) is 0.126. The predicted octanol–water partition coefficient (Wildman–Crippen LogP) is 4.23. The molecule has 1 aromatic rings. The van der Waals surface area contributed by atoms with Crippen molar-refractivity contribution in [1.82, 2.24) is 5.32 Å². The van der Waals surface area contributed by atoms with Gasteiger partial charge in [-0.1, -0.05) is 13.3 Å². The van der Waals surface area contributed by atoms with E-state index in [2.05, 4.69) is 19.2 Å². The molecule has 0 aliphatic carbocycles. The van der Waals surface area contributed by atoms with E-state index in [1.807, 2.05) is 0 Å². The lowest BCUT2D eigenvalue weighted by atomic mass is 10.1. The van der Waals surface area contributed by atoms with E-state index in [0.29, 0.717) is 10.9 Å². The maximum Gasteiger partial charge on any atom is 0.136 e. The van der Waals surface area contributed by atoms with E-state index in [0.717, 1.165) is 37.6 Å². The topological polar surface area (TPSA) is 12.0 Å². The van der Waals surface area contributed by atoms with Gasteiger partial charge in [-0.05, 0) is 50.3 Å². The summed E-state index contributed by atoms with van der Waals surface area (Å²) >= 11 is 1.39. The Balaban J connectivity index is 2.19. The first-order chi connectivity index (χ1) is 8.63. The van der Waals surface area contributed by atoms with Crippen LogP contribution in [0.25, 0.3) is 0 Å². The van der Waals surface area contributed by atoms with Gasteiger partial charge in [0, 0.05) is 10.9 Å². The normalized spacial score (nSPS) is 12.7. The molecule has 1 aromatic carbocycles. The zero-order valence-electron chi connectivity index (χ0n) is 11.0. The van der Waals surface area contributed by atoms with E-state index in [-0.39, 0.29) is 11.6 Å². The predicted molar refractivity (Wildman–Crippen MR) is 74.1 cm³/mol. The molecule has 0 spiro atoms. The van der Waals surface area contributed by atoms with Crippen LogP contribution in [0.4, 0.5) is 8.78 Å². The fourth-order valence-electron chi connectivity index (χ4n) is 1.77. The number of thioether (sulfide) groups is 1. The minimum atomic E-state index is -0.375. The van der Waals surface area contributed by atoms with Crippen molar-refractivity contribution in [2.75, 3.05) is 12.3 Å². The Morgan fingerprint density at radius 3 is 2.78 bits per heavy atom. The van der Waals surface area contributed by atoms with Crippen molar-refractivity contribution in [1.29, 1.82) is 0 Å². The summed E-state index contributed by atoms with van der Waals surface area (Å²) in [6, 6.07) is 4.13. The maximum atomic E-state index is 13.3. The van der Waals surface area contributed by atoms with Crippen LogP contribution < -0.4 is 5.32 Å². The van der Waals surface area contributed by atoms with Crippen molar-refractivity contribution >= 4 is 11.8 Å². The molecular formula is C14H21F2NS. The Bertz CT molecular complexity index is 358. The van der Waals surface area contributed by atoms with Crippen LogP contribution in [0.2, 0.25) is 0 Å². The van der Waals surface area contributed by atoms with Gasteiger partial charge in [0.2, 0.25) is 0 Å². The van der Waals surface area contributed by atoms with Crippen molar-refractivity contribution in [2.24, 2.45) is 0 Å². The second kappa shape index (κ2) is 8.48. The van der Waals surface area contributed by atoms with Gasteiger partial charge in [0.1, 0.15) is 11.6 Å². The van der Waals surface area contributed by atoms with Gasteiger partial charge in [-0.3, -0.25) is 0 Å². The summed E-state index contributed by atoms with van der Waals surface area (Å²) < 4.78 is 26.2. The molecule has 1 atom stereocenters. The quantitative estimate of drug-likeness (QED) is 0.562. The van der Waals surface area contributed by atoms with Crippen LogP contribution in [0.15, 0.2) is 23.1 Å². The SMILES string of the molecule is CCNC(C)CCCCSc1cc(F)ccc1F. The molecule has 0 fully saturated rings. The maximum absolute atomic E-state index is 13.3. The van der Waals surface area contributed by atoms with Crippen molar-refractivity contribution in [3.8, 4) is 0 Å². The smallest absolute Gasteiger partial charge is 0.136 e. The van der Waals surface area contributed by atoms with Gasteiger partial charge in [0.05, 0.1) is 0 Å². The van der Waals surface area contributed by atoms with Crippen molar-refractivity contribution < 1.29 is 8.78 Å². The number of hydrogen-bond acceptors (Lipinski definition) is 2. The number of nitrogens with one attached hydrogen (secondary N) is 1. The Hall–Kier alpha value is -0.610. The summed E-state index contributed by atoms with van der Waals surface area (Å²) in [6.45, 7) is 5.26. The summed E-state index contributed by atoms with van der Waals surface area (Å²) in [6.07, 6.45) is 3.26. The summed E-state index contributed by atoms with van der Waals surface area (Å²) in [5, 5.41) is 3.35. The Kier molecular flexibility index (Phi) is 7.28. The van der Waals surface area contributed by atoms with E-state index < -0.39 is 0 Å². The molecular weight excluding hydrogens is 252 g/mol. The van der Waals surface area contributed by atoms with Crippen LogP contribution in [0.3, 0.4) is 0 Å². The standard InChI is InChI=1S/C14H21F2NS/c1-3-17-11(2)6-4-5-9-18-14-10-12(15)7-8-13(14)16/h7-8,10-11,17H,3-6,9H2,1-2H3. The van der Waals surface area contributed by atoms with Crippen LogP contribution in [-0.4, -0.2) is 18.3 Å². The number of halogens is 2. The highest BCUT2D eigenvalue weighted by molar-refractivity contribution is 7.99. The third-order valence-corrected chi connectivity index (χ3v) is 3.85. The summed E-state index contributed by atoms with van der Waals surface area (Å²) in [5.41, 5.74) is 0. The number of hydrogen-bond donors (Lipinski definition) is 1. The molecule has 18 heavy (non-hydrogen) atoms. The highest BCUT2D eigenvalue weighted by Gasteiger charge is 2.04. The van der Waals surface area contributed by atoms with Gasteiger partial charge in [0.25, 0.3) is 0 Å². The van der Waals surface area contributed by atoms with Crippen LogP contribution in [0.1, 0.15) is 33.1 Å². The van der Waals surface area contributed by atoms with Gasteiger partial charge in [-0.25, -0.2) is 8.78 Å². The Morgan fingerprint density at radius 1 is 1.28 bits per heavy atom. The molecule has 1 unspecified atom stereocenters. The second-order valence-corrected chi connectivity index (χ2v) is 5.51. The van der Waals surface area contributed by atoms with Crippen LogP contribution in [0, 0.1) is 11.6 Å². The van der Waals surface area contributed by atoms with Crippen molar-refractivity contribution in [2.45, 2.75) is 44.0 Å². The molecule has 102 valence electrons. The zero-order chi connectivity index (χ0) is 13.4. The molecule has 4 heteroatoms.